The third-order valence-electron chi connectivity index (χ3n) is 5.26. The molecule has 1 aromatic carbocycles. The van der Waals surface area contributed by atoms with Crippen molar-refractivity contribution in [2.45, 2.75) is 51.6 Å². The molecule has 236 valence electrons. The zero-order valence-electron chi connectivity index (χ0n) is 24.6. The van der Waals surface area contributed by atoms with Crippen LogP contribution in [-0.2, 0) is 43.6 Å². The van der Waals surface area contributed by atoms with Gasteiger partial charge in [-0.3, -0.25) is 4.98 Å². The standard InChI is InChI=1S/C17H21NO4.C12H19N2.BF4.Pt/c19-16-14-11-15(13-18-12-14)17(20)22-10-8-6-4-2-1-3-5-7-9-21-16;1-13(2)9-11-6-5-7-12(8-11)10-14(3)4;2-1(3,4)5;/h1-2,11-13H,3-10H2;5-7H,9-10H2,1-4H3;;/q;2*-1;+2/b2-1+;;;. The topological polar surface area (TPSA) is 72.0 Å². The Balaban J connectivity index is 0.000000721. The molecular weight excluding hydrogens is 736 g/mol. The van der Waals surface area contributed by atoms with Gasteiger partial charge in [0.2, 0.25) is 0 Å². The van der Waals surface area contributed by atoms with E-state index >= 15 is 0 Å². The Kier molecular flexibility index (Phi) is 20.7. The normalized spacial score (nSPS) is 15.5. The van der Waals surface area contributed by atoms with Crippen molar-refractivity contribution in [3.05, 3.63) is 77.1 Å². The number of cyclic esters (lactones) is 2. The molecule has 1 aromatic heterocycles. The summed E-state index contributed by atoms with van der Waals surface area (Å²) in [5.41, 5.74) is 3.07. The summed E-state index contributed by atoms with van der Waals surface area (Å²) in [5.74, 6) is -0.913. The molecule has 0 unspecified atom stereocenters. The minimum Gasteiger partial charge on any atom is -0.462 e. The predicted octanol–water partition coefficient (Wildman–Crippen LogP) is 6.21. The number of halogens is 4. The first-order chi connectivity index (χ1) is 19.3. The molecule has 0 aliphatic carbocycles. The van der Waals surface area contributed by atoms with Gasteiger partial charge in [-0.1, -0.05) is 12.2 Å². The first-order valence-corrected chi connectivity index (χ1v) is 13.5. The average Bonchev–Trinajstić information content (AvgIpc) is 2.87. The van der Waals surface area contributed by atoms with Crippen molar-refractivity contribution in [3.63, 3.8) is 0 Å². The first-order valence-electron chi connectivity index (χ1n) is 13.5. The van der Waals surface area contributed by atoms with Crippen LogP contribution in [0, 0.1) is 6.07 Å². The Morgan fingerprint density at radius 3 is 1.57 bits per heavy atom. The summed E-state index contributed by atoms with van der Waals surface area (Å²) in [6, 6.07) is 11.2. The zero-order valence-corrected chi connectivity index (χ0v) is 26.8. The van der Waals surface area contributed by atoms with Crippen molar-refractivity contribution in [3.8, 4) is 0 Å². The fourth-order valence-electron chi connectivity index (χ4n) is 3.56. The monoisotopic (exact) mass is 776 g/mol. The van der Waals surface area contributed by atoms with E-state index in [1.54, 1.807) is 0 Å². The van der Waals surface area contributed by atoms with Gasteiger partial charge in [0.15, 0.2) is 0 Å². The van der Waals surface area contributed by atoms with E-state index in [1.807, 2.05) is 0 Å². The van der Waals surface area contributed by atoms with Crippen LogP contribution >= 0.6 is 0 Å². The maximum Gasteiger partial charge on any atom is 2.00 e. The van der Waals surface area contributed by atoms with Crippen LogP contribution in [-0.4, -0.2) is 75.4 Å². The van der Waals surface area contributed by atoms with Gasteiger partial charge in [0.1, 0.15) is 0 Å². The fourth-order valence-corrected chi connectivity index (χ4v) is 3.56. The molecule has 13 heteroatoms. The van der Waals surface area contributed by atoms with Crippen LogP contribution < -0.4 is 0 Å². The zero-order chi connectivity index (χ0) is 30.7. The summed E-state index contributed by atoms with van der Waals surface area (Å²) < 4.78 is 49.4. The molecule has 0 N–H and O–H groups in total. The summed E-state index contributed by atoms with van der Waals surface area (Å²) in [7, 11) is 2.30. The van der Waals surface area contributed by atoms with Crippen molar-refractivity contribution >= 4 is 19.2 Å². The number of nitrogens with zero attached hydrogens (tertiary/aromatic N) is 3. The number of benzene rings is 1. The molecule has 0 radical (unpaired) electrons. The molecule has 7 nitrogen and oxygen atoms in total. The molecule has 2 aromatic rings. The number of allylic oxidation sites excluding steroid dienone is 2. The molecule has 42 heavy (non-hydrogen) atoms. The third-order valence-corrected chi connectivity index (χ3v) is 5.26. The number of fused-ring (bicyclic) bond motifs is 2. The van der Waals surface area contributed by atoms with Gasteiger partial charge in [-0.15, -0.1) is 11.1 Å². The van der Waals surface area contributed by atoms with E-state index in [-0.39, 0.29) is 32.2 Å². The van der Waals surface area contributed by atoms with E-state index in [0.29, 0.717) is 13.2 Å². The van der Waals surface area contributed by atoms with Crippen LogP contribution in [0.15, 0.2) is 48.8 Å². The Morgan fingerprint density at radius 1 is 0.786 bits per heavy atom. The first kappa shape index (κ1) is 39.4. The minimum absolute atomic E-state index is 0. The van der Waals surface area contributed by atoms with Crippen molar-refractivity contribution in [2.75, 3.05) is 41.4 Å². The van der Waals surface area contributed by atoms with Crippen molar-refractivity contribution in [1.29, 1.82) is 0 Å². The fraction of sp³-hybridized carbons (Fsp3) is 0.483. The van der Waals surface area contributed by atoms with Gasteiger partial charge in [-0.2, -0.15) is 24.3 Å². The van der Waals surface area contributed by atoms with Crippen molar-refractivity contribution in [2.24, 2.45) is 0 Å². The second kappa shape index (κ2) is 22.0. The molecule has 0 fully saturated rings. The summed E-state index contributed by atoms with van der Waals surface area (Å²) in [6.45, 7) is 2.67. The smallest absolute Gasteiger partial charge is 0.462 e. The minimum atomic E-state index is -6.00. The molecule has 2 bridgehead atoms. The van der Waals surface area contributed by atoms with E-state index in [2.05, 4.69) is 79.4 Å². The van der Waals surface area contributed by atoms with Gasteiger partial charge in [0.25, 0.3) is 0 Å². The average molecular weight is 777 g/mol. The quantitative estimate of drug-likeness (QED) is 0.120. The maximum atomic E-state index is 11.9. The largest absolute Gasteiger partial charge is 2.00 e. The molecule has 0 saturated carbocycles. The number of rotatable bonds is 4. The molecule has 3 rings (SSSR count). The Hall–Kier alpha value is -2.56. The summed E-state index contributed by atoms with van der Waals surface area (Å²) in [4.78, 5) is 32.0. The second-order valence-corrected chi connectivity index (χ2v) is 9.87. The SMILES string of the molecule is CN(C)Cc1[c-]c(CN(C)C)ccc1.F[B-](F)(F)F.O=C1OCCCC/C=C/CCCCOC(=O)c2cncc1c2.[Pt+2]. The van der Waals surface area contributed by atoms with E-state index in [9.17, 15) is 26.9 Å². The Morgan fingerprint density at radius 2 is 1.19 bits per heavy atom. The van der Waals surface area contributed by atoms with Crippen LogP contribution in [0.3, 0.4) is 0 Å². The molecule has 2 heterocycles. The number of hydrogen-bond donors (Lipinski definition) is 0. The van der Waals surface area contributed by atoms with Crippen LogP contribution in [0.1, 0.15) is 70.4 Å². The van der Waals surface area contributed by atoms with Crippen LogP contribution in [0.4, 0.5) is 17.3 Å². The summed E-state index contributed by atoms with van der Waals surface area (Å²) >= 11 is 0. The van der Waals surface area contributed by atoms with Crippen molar-refractivity contribution in [1.82, 2.24) is 14.8 Å². The number of carbonyl (C=O) groups is 2. The molecular formula is C29H40BF4N3O4Pt. The molecule has 0 amide bonds. The summed E-state index contributed by atoms with van der Waals surface area (Å²) in [5, 5.41) is 0. The third kappa shape index (κ3) is 21.2. The number of hydrogen-bond acceptors (Lipinski definition) is 7. The molecule has 1 aliphatic heterocycles. The van der Waals surface area contributed by atoms with Crippen LogP contribution in [0.2, 0.25) is 0 Å². The number of pyridine rings is 1. The number of ether oxygens (including phenoxy) is 2. The number of aromatic nitrogens is 1. The molecule has 0 saturated heterocycles. The number of esters is 2. The van der Waals surface area contributed by atoms with Crippen LogP contribution in [0.5, 0.6) is 0 Å². The molecule has 1 aliphatic rings. The van der Waals surface area contributed by atoms with Gasteiger partial charge < -0.3 is 36.5 Å². The van der Waals surface area contributed by atoms with Gasteiger partial charge >= 0.3 is 40.3 Å². The van der Waals surface area contributed by atoms with Gasteiger partial charge in [0, 0.05) is 25.5 Å². The number of carbonyl (C=O) groups excluding carboxylic acids is 2. The Bertz CT molecular complexity index is 1010. The van der Waals surface area contributed by atoms with E-state index < -0.39 is 19.2 Å². The molecule has 0 atom stereocenters. The van der Waals surface area contributed by atoms with E-state index in [4.69, 9.17) is 9.47 Å². The van der Waals surface area contributed by atoms with Crippen LogP contribution in [0.25, 0.3) is 0 Å². The van der Waals surface area contributed by atoms with Gasteiger partial charge in [-0.25, -0.2) is 9.59 Å². The summed E-state index contributed by atoms with van der Waals surface area (Å²) in [6.07, 6.45) is 12.7. The molecule has 0 spiro atoms. The Labute approximate surface area is 261 Å². The second-order valence-electron chi connectivity index (χ2n) is 9.87. The van der Waals surface area contributed by atoms with E-state index in [1.165, 1.54) is 29.6 Å². The predicted molar refractivity (Wildman–Crippen MR) is 152 cm³/mol. The van der Waals surface area contributed by atoms with Crippen molar-refractivity contribution < 1.29 is 57.4 Å². The van der Waals surface area contributed by atoms with Gasteiger partial charge in [-0.05, 0) is 72.8 Å². The van der Waals surface area contributed by atoms with E-state index in [0.717, 1.165) is 51.6 Å². The van der Waals surface area contributed by atoms with Gasteiger partial charge in [0.05, 0.1) is 24.3 Å². The maximum absolute atomic E-state index is 11.9.